The molecule has 0 amide bonds. The SMILES string of the molecule is Cc1cccc(-c2nn3c(c2-c2ccoc2)CCC3)n1. The molecule has 4 rings (SSSR count). The second kappa shape index (κ2) is 4.34. The molecule has 4 nitrogen and oxygen atoms in total. The van der Waals surface area contributed by atoms with E-state index in [2.05, 4.69) is 9.67 Å². The van der Waals surface area contributed by atoms with Gasteiger partial charge in [0.15, 0.2) is 0 Å². The van der Waals surface area contributed by atoms with Crippen LogP contribution in [0.15, 0.2) is 41.2 Å². The maximum atomic E-state index is 5.26. The van der Waals surface area contributed by atoms with Crippen molar-refractivity contribution in [3.05, 3.63) is 48.2 Å². The molecule has 0 radical (unpaired) electrons. The van der Waals surface area contributed by atoms with E-state index in [1.165, 1.54) is 11.3 Å². The number of nitrogens with zero attached hydrogens (tertiary/aromatic N) is 3. The second-order valence-electron chi connectivity index (χ2n) is 5.17. The molecule has 0 saturated heterocycles. The second-order valence-corrected chi connectivity index (χ2v) is 5.17. The van der Waals surface area contributed by atoms with Crippen molar-refractivity contribution in [2.24, 2.45) is 0 Å². The minimum atomic E-state index is 0.933. The Bertz CT molecular complexity index is 756. The van der Waals surface area contributed by atoms with Crippen molar-refractivity contribution in [3.8, 4) is 22.5 Å². The zero-order chi connectivity index (χ0) is 13.5. The van der Waals surface area contributed by atoms with E-state index in [1.807, 2.05) is 31.2 Å². The van der Waals surface area contributed by atoms with Crippen LogP contribution in [0.25, 0.3) is 22.5 Å². The van der Waals surface area contributed by atoms with Gasteiger partial charge in [-0.05, 0) is 38.0 Å². The largest absolute Gasteiger partial charge is 0.472 e. The first-order valence-corrected chi connectivity index (χ1v) is 6.89. The van der Waals surface area contributed by atoms with Gasteiger partial charge in [0, 0.05) is 29.1 Å². The third-order valence-corrected chi connectivity index (χ3v) is 3.78. The van der Waals surface area contributed by atoms with Gasteiger partial charge in [-0.2, -0.15) is 5.10 Å². The van der Waals surface area contributed by atoms with Crippen LogP contribution in [0.1, 0.15) is 17.8 Å². The predicted octanol–water partition coefficient (Wildman–Crippen LogP) is 3.46. The molecular formula is C16H15N3O. The molecule has 3 aromatic rings. The van der Waals surface area contributed by atoms with Crippen LogP contribution >= 0.6 is 0 Å². The van der Waals surface area contributed by atoms with Crippen molar-refractivity contribution in [1.82, 2.24) is 14.8 Å². The number of fused-ring (bicyclic) bond motifs is 1. The van der Waals surface area contributed by atoms with Gasteiger partial charge < -0.3 is 4.42 Å². The fourth-order valence-corrected chi connectivity index (χ4v) is 2.90. The lowest BCUT2D eigenvalue weighted by atomic mass is 10.0. The molecule has 4 heteroatoms. The highest BCUT2D eigenvalue weighted by Crippen LogP contribution is 2.36. The number of aryl methyl sites for hydroxylation is 2. The average Bonchev–Trinajstić information content (AvgIpc) is 3.14. The van der Waals surface area contributed by atoms with E-state index in [4.69, 9.17) is 9.52 Å². The molecule has 0 bridgehead atoms. The molecule has 4 heterocycles. The summed E-state index contributed by atoms with van der Waals surface area (Å²) in [5, 5.41) is 4.77. The summed E-state index contributed by atoms with van der Waals surface area (Å²) < 4.78 is 7.37. The first-order valence-electron chi connectivity index (χ1n) is 6.89. The highest BCUT2D eigenvalue weighted by Gasteiger charge is 2.24. The Morgan fingerprint density at radius 3 is 3.00 bits per heavy atom. The molecule has 0 aliphatic carbocycles. The molecule has 0 unspecified atom stereocenters. The van der Waals surface area contributed by atoms with Crippen molar-refractivity contribution in [2.75, 3.05) is 0 Å². The van der Waals surface area contributed by atoms with Gasteiger partial charge in [0.25, 0.3) is 0 Å². The molecule has 0 saturated carbocycles. The molecule has 0 aromatic carbocycles. The third-order valence-electron chi connectivity index (χ3n) is 3.78. The zero-order valence-corrected chi connectivity index (χ0v) is 11.3. The summed E-state index contributed by atoms with van der Waals surface area (Å²) in [5.41, 5.74) is 6.47. The Morgan fingerprint density at radius 2 is 2.20 bits per heavy atom. The van der Waals surface area contributed by atoms with E-state index >= 15 is 0 Å². The van der Waals surface area contributed by atoms with Gasteiger partial charge in [0.1, 0.15) is 5.69 Å². The molecule has 0 atom stereocenters. The normalized spacial score (nSPS) is 13.7. The number of hydrogen-bond acceptors (Lipinski definition) is 3. The van der Waals surface area contributed by atoms with E-state index < -0.39 is 0 Å². The maximum absolute atomic E-state index is 5.26. The van der Waals surface area contributed by atoms with Crippen LogP contribution in [-0.4, -0.2) is 14.8 Å². The van der Waals surface area contributed by atoms with Crippen LogP contribution < -0.4 is 0 Å². The smallest absolute Gasteiger partial charge is 0.119 e. The summed E-state index contributed by atoms with van der Waals surface area (Å²) in [6, 6.07) is 8.05. The van der Waals surface area contributed by atoms with E-state index in [0.29, 0.717) is 0 Å². The quantitative estimate of drug-likeness (QED) is 0.712. The molecule has 100 valence electrons. The van der Waals surface area contributed by atoms with Crippen LogP contribution in [0.3, 0.4) is 0 Å². The zero-order valence-electron chi connectivity index (χ0n) is 11.3. The van der Waals surface area contributed by atoms with Crippen molar-refractivity contribution in [3.63, 3.8) is 0 Å². The lowest BCUT2D eigenvalue weighted by Crippen LogP contribution is -1.95. The Hall–Kier alpha value is -2.36. The summed E-state index contributed by atoms with van der Waals surface area (Å²) in [5.74, 6) is 0. The van der Waals surface area contributed by atoms with Crippen LogP contribution in [-0.2, 0) is 13.0 Å². The van der Waals surface area contributed by atoms with Gasteiger partial charge in [0.2, 0.25) is 0 Å². The summed E-state index contributed by atoms with van der Waals surface area (Å²) in [6.45, 7) is 3.00. The lowest BCUT2D eigenvalue weighted by Gasteiger charge is -2.03. The first-order chi connectivity index (χ1) is 9.83. The molecule has 0 N–H and O–H groups in total. The van der Waals surface area contributed by atoms with Gasteiger partial charge in [-0.25, -0.2) is 0 Å². The Morgan fingerprint density at radius 1 is 1.25 bits per heavy atom. The predicted molar refractivity (Wildman–Crippen MR) is 76.2 cm³/mol. The number of hydrogen-bond donors (Lipinski definition) is 0. The summed E-state index contributed by atoms with van der Waals surface area (Å²) in [7, 11) is 0. The van der Waals surface area contributed by atoms with Gasteiger partial charge in [-0.3, -0.25) is 9.67 Å². The van der Waals surface area contributed by atoms with Gasteiger partial charge in [-0.1, -0.05) is 6.07 Å². The van der Waals surface area contributed by atoms with E-state index in [1.54, 1.807) is 12.5 Å². The number of pyridine rings is 1. The Labute approximate surface area is 117 Å². The number of rotatable bonds is 2. The van der Waals surface area contributed by atoms with Crippen molar-refractivity contribution in [1.29, 1.82) is 0 Å². The number of furan rings is 1. The first kappa shape index (κ1) is 11.5. The van der Waals surface area contributed by atoms with Crippen LogP contribution in [0.2, 0.25) is 0 Å². The van der Waals surface area contributed by atoms with Gasteiger partial charge >= 0.3 is 0 Å². The molecule has 0 fully saturated rings. The highest BCUT2D eigenvalue weighted by molar-refractivity contribution is 5.81. The van der Waals surface area contributed by atoms with Crippen LogP contribution in [0.4, 0.5) is 0 Å². The van der Waals surface area contributed by atoms with Gasteiger partial charge in [-0.15, -0.1) is 0 Å². The summed E-state index contributed by atoms with van der Waals surface area (Å²) in [6.07, 6.45) is 5.73. The van der Waals surface area contributed by atoms with E-state index in [0.717, 1.165) is 42.0 Å². The van der Waals surface area contributed by atoms with E-state index in [9.17, 15) is 0 Å². The lowest BCUT2D eigenvalue weighted by molar-refractivity contribution is 0.568. The van der Waals surface area contributed by atoms with Gasteiger partial charge in [0.05, 0.1) is 18.2 Å². The molecule has 1 aliphatic rings. The number of aromatic nitrogens is 3. The fraction of sp³-hybridized carbons (Fsp3) is 0.250. The minimum Gasteiger partial charge on any atom is -0.472 e. The van der Waals surface area contributed by atoms with Crippen LogP contribution in [0.5, 0.6) is 0 Å². The molecule has 3 aromatic heterocycles. The Balaban J connectivity index is 1.96. The maximum Gasteiger partial charge on any atom is 0.119 e. The minimum absolute atomic E-state index is 0.933. The van der Waals surface area contributed by atoms with Crippen LogP contribution in [0, 0.1) is 6.92 Å². The Kier molecular flexibility index (Phi) is 2.49. The monoisotopic (exact) mass is 265 g/mol. The fourth-order valence-electron chi connectivity index (χ4n) is 2.90. The highest BCUT2D eigenvalue weighted by atomic mass is 16.3. The molecule has 20 heavy (non-hydrogen) atoms. The standard InChI is InChI=1S/C16H15N3O/c1-11-4-2-5-13(17-11)16-15(12-7-9-20-10-12)14-6-3-8-19(14)18-16/h2,4-5,7,9-10H,3,6,8H2,1H3. The molecular weight excluding hydrogens is 250 g/mol. The summed E-state index contributed by atoms with van der Waals surface area (Å²) in [4.78, 5) is 4.62. The van der Waals surface area contributed by atoms with Crippen molar-refractivity contribution in [2.45, 2.75) is 26.3 Å². The van der Waals surface area contributed by atoms with Crippen molar-refractivity contribution < 1.29 is 4.42 Å². The average molecular weight is 265 g/mol. The van der Waals surface area contributed by atoms with Crippen molar-refractivity contribution >= 4 is 0 Å². The molecule has 0 spiro atoms. The van der Waals surface area contributed by atoms with E-state index in [-0.39, 0.29) is 0 Å². The topological polar surface area (TPSA) is 43.9 Å². The molecule has 1 aliphatic heterocycles. The third kappa shape index (κ3) is 1.68. The summed E-state index contributed by atoms with van der Waals surface area (Å²) >= 11 is 0.